The third kappa shape index (κ3) is 3.45. The number of carbonyl (C=O) groups is 1. The molecule has 2 rings (SSSR count). The summed E-state index contributed by atoms with van der Waals surface area (Å²) in [6.07, 6.45) is 6.17. The molecule has 1 aliphatic carbocycles. The molecule has 2 N–H and O–H groups in total. The van der Waals surface area contributed by atoms with Gasteiger partial charge in [0, 0.05) is 12.6 Å². The molecule has 0 aromatic carbocycles. The number of rotatable bonds is 3. The topological polar surface area (TPSA) is 58.6 Å². The molecule has 1 heterocycles. The van der Waals surface area contributed by atoms with Crippen LogP contribution in [0.15, 0.2) is 0 Å². The van der Waals surface area contributed by atoms with E-state index in [1.165, 1.54) is 0 Å². The first-order valence-corrected chi connectivity index (χ1v) is 7.30. The van der Waals surface area contributed by atoms with Crippen molar-refractivity contribution >= 4 is 5.91 Å². The summed E-state index contributed by atoms with van der Waals surface area (Å²) >= 11 is 0. The molecule has 1 saturated carbocycles. The third-order valence-electron chi connectivity index (χ3n) is 4.22. The van der Waals surface area contributed by atoms with Crippen molar-refractivity contribution in [2.45, 2.75) is 70.1 Å². The SMILES string of the molecule is CCC1OCCCC1C(=O)NC1CCC(O)CC1. The highest BCUT2D eigenvalue weighted by atomic mass is 16.5. The molecule has 4 heteroatoms. The molecule has 1 amide bonds. The standard InChI is InChI=1S/C14H25NO3/c1-2-13-12(4-3-9-18-13)14(17)15-10-5-7-11(16)8-6-10/h10-13,16H,2-9H2,1H3,(H,15,17). The van der Waals surface area contributed by atoms with Gasteiger partial charge < -0.3 is 15.2 Å². The van der Waals surface area contributed by atoms with Crippen LogP contribution < -0.4 is 5.32 Å². The van der Waals surface area contributed by atoms with Crippen LogP contribution in [0.4, 0.5) is 0 Å². The van der Waals surface area contributed by atoms with Crippen molar-refractivity contribution in [1.82, 2.24) is 5.32 Å². The van der Waals surface area contributed by atoms with Crippen LogP contribution in [-0.2, 0) is 9.53 Å². The van der Waals surface area contributed by atoms with Crippen LogP contribution in [0.25, 0.3) is 0 Å². The Morgan fingerprint density at radius 2 is 2.00 bits per heavy atom. The molecule has 1 aliphatic heterocycles. The highest BCUT2D eigenvalue weighted by molar-refractivity contribution is 5.79. The molecule has 104 valence electrons. The summed E-state index contributed by atoms with van der Waals surface area (Å²) in [6.45, 7) is 2.87. The summed E-state index contributed by atoms with van der Waals surface area (Å²) in [4.78, 5) is 12.3. The van der Waals surface area contributed by atoms with Crippen LogP contribution in [-0.4, -0.2) is 35.9 Å². The number of aliphatic hydroxyl groups excluding tert-OH is 1. The maximum atomic E-state index is 12.3. The normalized spacial score (nSPS) is 37.2. The molecule has 0 bridgehead atoms. The van der Waals surface area contributed by atoms with Crippen LogP contribution in [0.3, 0.4) is 0 Å². The van der Waals surface area contributed by atoms with Gasteiger partial charge in [0.15, 0.2) is 0 Å². The van der Waals surface area contributed by atoms with Crippen molar-refractivity contribution in [3.63, 3.8) is 0 Å². The van der Waals surface area contributed by atoms with Crippen molar-refractivity contribution in [3.8, 4) is 0 Å². The summed E-state index contributed by atoms with van der Waals surface area (Å²) < 4.78 is 5.67. The lowest BCUT2D eigenvalue weighted by Gasteiger charge is -2.33. The zero-order chi connectivity index (χ0) is 13.0. The Morgan fingerprint density at radius 3 is 2.67 bits per heavy atom. The number of ether oxygens (including phenoxy) is 1. The lowest BCUT2D eigenvalue weighted by molar-refractivity contribution is -0.135. The van der Waals surface area contributed by atoms with E-state index in [2.05, 4.69) is 12.2 Å². The molecule has 2 atom stereocenters. The fourth-order valence-electron chi connectivity index (χ4n) is 3.07. The fraction of sp³-hybridized carbons (Fsp3) is 0.929. The van der Waals surface area contributed by atoms with Gasteiger partial charge in [0.05, 0.1) is 18.1 Å². The number of nitrogens with one attached hydrogen (secondary N) is 1. The minimum absolute atomic E-state index is 0.0237. The predicted octanol–water partition coefficient (Wildman–Crippen LogP) is 1.61. The van der Waals surface area contributed by atoms with Crippen molar-refractivity contribution in [1.29, 1.82) is 0 Å². The Bertz CT molecular complexity index is 274. The van der Waals surface area contributed by atoms with Crippen molar-refractivity contribution in [3.05, 3.63) is 0 Å². The number of hydrogen-bond donors (Lipinski definition) is 2. The molecule has 0 aromatic heterocycles. The average molecular weight is 255 g/mol. The molecule has 1 saturated heterocycles. The lowest BCUT2D eigenvalue weighted by Crippen LogP contribution is -2.46. The van der Waals surface area contributed by atoms with Gasteiger partial charge in [0.1, 0.15) is 0 Å². The Labute approximate surface area is 109 Å². The van der Waals surface area contributed by atoms with Crippen molar-refractivity contribution in [2.24, 2.45) is 5.92 Å². The van der Waals surface area contributed by atoms with Gasteiger partial charge in [-0.2, -0.15) is 0 Å². The number of amides is 1. The van der Waals surface area contributed by atoms with Gasteiger partial charge >= 0.3 is 0 Å². The molecular weight excluding hydrogens is 230 g/mol. The zero-order valence-electron chi connectivity index (χ0n) is 11.2. The maximum Gasteiger partial charge on any atom is 0.225 e. The molecule has 4 nitrogen and oxygen atoms in total. The second-order valence-electron chi connectivity index (χ2n) is 5.58. The first kappa shape index (κ1) is 13.8. The molecule has 2 aliphatic rings. The summed E-state index contributed by atoms with van der Waals surface area (Å²) in [5, 5.41) is 12.6. The van der Waals surface area contributed by atoms with Crippen LogP contribution in [0.5, 0.6) is 0 Å². The van der Waals surface area contributed by atoms with E-state index in [4.69, 9.17) is 4.74 Å². The molecule has 0 spiro atoms. The van der Waals surface area contributed by atoms with Crippen molar-refractivity contribution < 1.29 is 14.6 Å². The Balaban J connectivity index is 1.82. The summed E-state index contributed by atoms with van der Waals surface area (Å²) in [5.41, 5.74) is 0. The van der Waals surface area contributed by atoms with Crippen LogP contribution >= 0.6 is 0 Å². The third-order valence-corrected chi connectivity index (χ3v) is 4.22. The van der Waals surface area contributed by atoms with Crippen LogP contribution in [0, 0.1) is 5.92 Å². The number of aliphatic hydroxyl groups is 1. The number of hydrogen-bond acceptors (Lipinski definition) is 3. The summed E-state index contributed by atoms with van der Waals surface area (Å²) in [7, 11) is 0. The highest BCUT2D eigenvalue weighted by Gasteiger charge is 2.32. The average Bonchev–Trinajstić information content (AvgIpc) is 2.41. The highest BCUT2D eigenvalue weighted by Crippen LogP contribution is 2.25. The van der Waals surface area contributed by atoms with E-state index >= 15 is 0 Å². The minimum atomic E-state index is -0.167. The lowest BCUT2D eigenvalue weighted by atomic mass is 9.89. The molecule has 2 fully saturated rings. The first-order chi connectivity index (χ1) is 8.70. The van der Waals surface area contributed by atoms with Gasteiger partial charge in [-0.3, -0.25) is 4.79 Å². The monoisotopic (exact) mass is 255 g/mol. The van der Waals surface area contributed by atoms with E-state index in [0.29, 0.717) is 0 Å². The second kappa shape index (κ2) is 6.53. The van der Waals surface area contributed by atoms with Gasteiger partial charge in [0.2, 0.25) is 5.91 Å². The fourth-order valence-corrected chi connectivity index (χ4v) is 3.07. The molecular formula is C14H25NO3. The van der Waals surface area contributed by atoms with Crippen LogP contribution in [0.1, 0.15) is 51.9 Å². The van der Waals surface area contributed by atoms with Gasteiger partial charge in [-0.15, -0.1) is 0 Å². The van der Waals surface area contributed by atoms with Gasteiger partial charge in [-0.05, 0) is 44.9 Å². The van der Waals surface area contributed by atoms with E-state index in [-0.39, 0.29) is 30.1 Å². The second-order valence-corrected chi connectivity index (χ2v) is 5.58. The molecule has 18 heavy (non-hydrogen) atoms. The van der Waals surface area contributed by atoms with Gasteiger partial charge in [0.25, 0.3) is 0 Å². The maximum absolute atomic E-state index is 12.3. The largest absolute Gasteiger partial charge is 0.393 e. The van der Waals surface area contributed by atoms with E-state index < -0.39 is 0 Å². The molecule has 0 aromatic rings. The van der Waals surface area contributed by atoms with E-state index in [9.17, 15) is 9.90 Å². The minimum Gasteiger partial charge on any atom is -0.393 e. The molecule has 2 unspecified atom stereocenters. The van der Waals surface area contributed by atoms with E-state index in [1.807, 2.05) is 0 Å². The van der Waals surface area contributed by atoms with E-state index in [0.717, 1.165) is 51.6 Å². The molecule has 0 radical (unpaired) electrons. The predicted molar refractivity (Wildman–Crippen MR) is 69.2 cm³/mol. The first-order valence-electron chi connectivity index (χ1n) is 7.30. The Kier molecular flexibility index (Phi) is 5.01. The quantitative estimate of drug-likeness (QED) is 0.805. The smallest absolute Gasteiger partial charge is 0.225 e. The zero-order valence-corrected chi connectivity index (χ0v) is 11.2. The van der Waals surface area contributed by atoms with E-state index in [1.54, 1.807) is 0 Å². The van der Waals surface area contributed by atoms with Crippen LogP contribution in [0.2, 0.25) is 0 Å². The van der Waals surface area contributed by atoms with Gasteiger partial charge in [-0.25, -0.2) is 0 Å². The summed E-state index contributed by atoms with van der Waals surface area (Å²) in [5.74, 6) is 0.179. The Morgan fingerprint density at radius 1 is 1.28 bits per heavy atom. The Hall–Kier alpha value is -0.610. The summed E-state index contributed by atoms with van der Waals surface area (Å²) in [6, 6.07) is 0.250. The van der Waals surface area contributed by atoms with Gasteiger partial charge in [-0.1, -0.05) is 6.92 Å². The van der Waals surface area contributed by atoms with Crippen molar-refractivity contribution in [2.75, 3.05) is 6.61 Å². The number of carbonyl (C=O) groups excluding carboxylic acids is 1.